The molecule has 0 saturated heterocycles. The summed E-state index contributed by atoms with van der Waals surface area (Å²) in [6.45, 7) is 8.35. The second kappa shape index (κ2) is 7.07. The molecule has 2 heterocycles. The highest BCUT2D eigenvalue weighted by molar-refractivity contribution is 5.86. The van der Waals surface area contributed by atoms with E-state index in [9.17, 15) is 0 Å². The zero-order valence-electron chi connectivity index (χ0n) is 12.5. The first-order chi connectivity index (χ1) is 9.78. The van der Waals surface area contributed by atoms with Crippen molar-refractivity contribution < 1.29 is 0 Å². The van der Waals surface area contributed by atoms with Gasteiger partial charge in [-0.25, -0.2) is 0 Å². The fourth-order valence-corrected chi connectivity index (χ4v) is 2.10. The van der Waals surface area contributed by atoms with Crippen LogP contribution >= 0.6 is 0 Å². The first-order valence-electron chi connectivity index (χ1n) is 7.47. The molecule has 0 aliphatic carbocycles. The molecule has 2 aromatic rings. The number of H-pyrrole nitrogens is 1. The molecule has 6 nitrogen and oxygen atoms in total. The van der Waals surface area contributed by atoms with Crippen molar-refractivity contribution in [1.82, 2.24) is 20.2 Å². The third-order valence-electron chi connectivity index (χ3n) is 3.56. The van der Waals surface area contributed by atoms with Gasteiger partial charge in [-0.05, 0) is 12.3 Å². The molecule has 20 heavy (non-hydrogen) atoms. The maximum absolute atomic E-state index is 4.56. The van der Waals surface area contributed by atoms with Crippen LogP contribution in [0, 0.1) is 5.92 Å². The van der Waals surface area contributed by atoms with Crippen molar-refractivity contribution >= 4 is 22.8 Å². The van der Waals surface area contributed by atoms with Gasteiger partial charge in [0.1, 0.15) is 5.82 Å². The second-order valence-corrected chi connectivity index (χ2v) is 5.02. The third kappa shape index (κ3) is 3.37. The van der Waals surface area contributed by atoms with Gasteiger partial charge in [-0.2, -0.15) is 15.1 Å². The molecule has 0 unspecified atom stereocenters. The topological polar surface area (TPSA) is 78.5 Å². The first-order valence-corrected chi connectivity index (χ1v) is 7.47. The van der Waals surface area contributed by atoms with Crippen LogP contribution < -0.4 is 10.6 Å². The van der Waals surface area contributed by atoms with Crippen molar-refractivity contribution in [2.45, 2.75) is 40.0 Å². The van der Waals surface area contributed by atoms with Crippen molar-refractivity contribution in [2.24, 2.45) is 5.92 Å². The van der Waals surface area contributed by atoms with Crippen LogP contribution in [0.25, 0.3) is 11.0 Å². The highest BCUT2D eigenvalue weighted by Crippen LogP contribution is 2.21. The SMILES string of the molecule is CCCNc1nc(NCC(CC)CC)c2cn[nH]c2n1. The number of rotatable bonds is 8. The predicted molar refractivity (Wildman–Crippen MR) is 83.0 cm³/mol. The van der Waals surface area contributed by atoms with Crippen LogP contribution in [0.4, 0.5) is 11.8 Å². The highest BCUT2D eigenvalue weighted by atomic mass is 15.2. The van der Waals surface area contributed by atoms with Crippen LogP contribution in [0.3, 0.4) is 0 Å². The Labute approximate surface area is 119 Å². The van der Waals surface area contributed by atoms with E-state index in [-0.39, 0.29) is 0 Å². The molecular weight excluding hydrogens is 252 g/mol. The minimum atomic E-state index is 0.649. The molecule has 2 aromatic heterocycles. The molecule has 0 saturated carbocycles. The van der Waals surface area contributed by atoms with Crippen LogP contribution in [0.15, 0.2) is 6.20 Å². The Morgan fingerprint density at radius 1 is 1.15 bits per heavy atom. The van der Waals surface area contributed by atoms with E-state index >= 15 is 0 Å². The molecule has 0 atom stereocenters. The maximum atomic E-state index is 4.56. The second-order valence-electron chi connectivity index (χ2n) is 5.02. The zero-order valence-corrected chi connectivity index (χ0v) is 12.5. The van der Waals surface area contributed by atoms with Crippen LogP contribution in [0.2, 0.25) is 0 Å². The van der Waals surface area contributed by atoms with Crippen LogP contribution in [-0.2, 0) is 0 Å². The summed E-state index contributed by atoms with van der Waals surface area (Å²) in [4.78, 5) is 8.98. The largest absolute Gasteiger partial charge is 0.369 e. The molecule has 2 rings (SSSR count). The van der Waals surface area contributed by atoms with E-state index in [4.69, 9.17) is 0 Å². The van der Waals surface area contributed by atoms with Crippen LogP contribution in [0.5, 0.6) is 0 Å². The summed E-state index contributed by atoms with van der Waals surface area (Å²) >= 11 is 0. The van der Waals surface area contributed by atoms with Gasteiger partial charge in [0.2, 0.25) is 5.95 Å². The van der Waals surface area contributed by atoms with Gasteiger partial charge in [0.05, 0.1) is 11.6 Å². The van der Waals surface area contributed by atoms with E-state index in [0.717, 1.165) is 36.4 Å². The van der Waals surface area contributed by atoms with Crippen molar-refractivity contribution in [1.29, 1.82) is 0 Å². The van der Waals surface area contributed by atoms with Gasteiger partial charge in [-0.3, -0.25) is 5.10 Å². The van der Waals surface area contributed by atoms with E-state index in [1.165, 1.54) is 12.8 Å². The van der Waals surface area contributed by atoms with Crippen molar-refractivity contribution in [3.8, 4) is 0 Å². The molecule has 0 aromatic carbocycles. The Kier molecular flexibility index (Phi) is 5.15. The Morgan fingerprint density at radius 3 is 2.65 bits per heavy atom. The summed E-state index contributed by atoms with van der Waals surface area (Å²) in [5.74, 6) is 2.17. The van der Waals surface area contributed by atoms with Crippen molar-refractivity contribution in [2.75, 3.05) is 23.7 Å². The van der Waals surface area contributed by atoms with Gasteiger partial charge in [0.25, 0.3) is 0 Å². The number of hydrogen-bond acceptors (Lipinski definition) is 5. The molecule has 0 fully saturated rings. The summed E-state index contributed by atoms with van der Waals surface area (Å²) in [6, 6.07) is 0. The molecule has 110 valence electrons. The molecule has 0 spiro atoms. The van der Waals surface area contributed by atoms with Gasteiger partial charge >= 0.3 is 0 Å². The average molecular weight is 276 g/mol. The van der Waals surface area contributed by atoms with E-state index < -0.39 is 0 Å². The van der Waals surface area contributed by atoms with E-state index in [1.807, 2.05) is 0 Å². The molecule has 6 heteroatoms. The average Bonchev–Trinajstić information content (AvgIpc) is 2.94. The quantitative estimate of drug-likeness (QED) is 0.690. The van der Waals surface area contributed by atoms with Crippen molar-refractivity contribution in [3.05, 3.63) is 6.20 Å². The summed E-state index contributed by atoms with van der Waals surface area (Å²) < 4.78 is 0. The maximum Gasteiger partial charge on any atom is 0.226 e. The number of nitrogens with one attached hydrogen (secondary N) is 3. The molecule has 0 amide bonds. The Bertz CT molecular complexity index is 531. The van der Waals surface area contributed by atoms with Gasteiger partial charge in [-0.15, -0.1) is 0 Å². The molecule has 0 bridgehead atoms. The lowest BCUT2D eigenvalue weighted by molar-refractivity contribution is 0.518. The summed E-state index contributed by atoms with van der Waals surface area (Å²) in [7, 11) is 0. The van der Waals surface area contributed by atoms with E-state index in [1.54, 1.807) is 6.20 Å². The van der Waals surface area contributed by atoms with Gasteiger partial charge in [-0.1, -0.05) is 33.6 Å². The van der Waals surface area contributed by atoms with E-state index in [0.29, 0.717) is 11.9 Å². The monoisotopic (exact) mass is 276 g/mol. The number of aromatic amines is 1. The number of anilines is 2. The van der Waals surface area contributed by atoms with Gasteiger partial charge in [0, 0.05) is 13.1 Å². The van der Waals surface area contributed by atoms with Gasteiger partial charge < -0.3 is 10.6 Å². The highest BCUT2D eigenvalue weighted by Gasteiger charge is 2.10. The summed E-state index contributed by atoms with van der Waals surface area (Å²) in [5.41, 5.74) is 0.769. The molecule has 3 N–H and O–H groups in total. The van der Waals surface area contributed by atoms with Crippen LogP contribution in [-0.4, -0.2) is 33.3 Å². The third-order valence-corrected chi connectivity index (χ3v) is 3.56. The van der Waals surface area contributed by atoms with Gasteiger partial charge in [0.15, 0.2) is 5.65 Å². The Morgan fingerprint density at radius 2 is 1.95 bits per heavy atom. The lowest BCUT2D eigenvalue weighted by Gasteiger charge is -2.14. The number of hydrogen-bond donors (Lipinski definition) is 3. The van der Waals surface area contributed by atoms with E-state index in [2.05, 4.69) is 51.6 Å². The Hall–Kier alpha value is -1.85. The smallest absolute Gasteiger partial charge is 0.226 e. The minimum absolute atomic E-state index is 0.649. The first kappa shape index (κ1) is 14.6. The van der Waals surface area contributed by atoms with Crippen LogP contribution in [0.1, 0.15) is 40.0 Å². The number of aromatic nitrogens is 4. The Balaban J connectivity index is 2.18. The molecule has 0 radical (unpaired) electrons. The molecule has 0 aliphatic rings. The number of nitrogens with zero attached hydrogens (tertiary/aromatic N) is 3. The summed E-state index contributed by atoms with van der Waals surface area (Å²) in [6.07, 6.45) is 5.16. The summed E-state index contributed by atoms with van der Waals surface area (Å²) in [5, 5.41) is 14.6. The minimum Gasteiger partial charge on any atom is -0.369 e. The normalized spacial score (nSPS) is 11.2. The predicted octanol–water partition coefficient (Wildman–Crippen LogP) is 3.02. The lowest BCUT2D eigenvalue weighted by Crippen LogP contribution is -2.15. The lowest BCUT2D eigenvalue weighted by atomic mass is 10.0. The fourth-order valence-electron chi connectivity index (χ4n) is 2.10. The number of fused-ring (bicyclic) bond motifs is 1. The zero-order chi connectivity index (χ0) is 14.4. The fraction of sp³-hybridized carbons (Fsp3) is 0.643. The molecule has 0 aliphatic heterocycles. The standard InChI is InChI=1S/C14H24N6/c1-4-7-15-14-18-12(16-8-10(5-2)6-3)11-9-17-20-13(11)19-14/h9-10H,4-8H2,1-3H3,(H3,15,16,17,18,19,20). The van der Waals surface area contributed by atoms with Crippen molar-refractivity contribution in [3.63, 3.8) is 0 Å². The molecular formula is C14H24N6.